The Balaban J connectivity index is 1.63. The van der Waals surface area contributed by atoms with Gasteiger partial charge in [0, 0.05) is 24.4 Å². The Morgan fingerprint density at radius 1 is 1.15 bits per heavy atom. The van der Waals surface area contributed by atoms with Crippen molar-refractivity contribution < 1.29 is 24.6 Å². The standard InChI is InChI=1S/C25H36N4O5/c1-16(26)19-10-9-18(13-22(19)30)14-28-24(33)21-8-5-11-29(21)25(34)20(27-15-23(31)32)12-17-6-3-2-4-7-17/h9-10,13,17,20-21,26-27,30H,2-8,11-12,14-15H2,1H3,(H,28,33)(H,31,32)/t20-,21+/m1/s1. The number of aromatic hydroxyl groups is 1. The van der Waals surface area contributed by atoms with Gasteiger partial charge in [-0.05, 0) is 49.8 Å². The van der Waals surface area contributed by atoms with Gasteiger partial charge in [0.2, 0.25) is 11.8 Å². The highest BCUT2D eigenvalue weighted by molar-refractivity contribution is 5.98. The zero-order chi connectivity index (χ0) is 24.7. The van der Waals surface area contributed by atoms with Crippen LogP contribution in [0.3, 0.4) is 0 Å². The molecule has 1 saturated carbocycles. The van der Waals surface area contributed by atoms with Gasteiger partial charge >= 0.3 is 5.97 Å². The van der Waals surface area contributed by atoms with Crippen LogP contribution in [-0.2, 0) is 20.9 Å². The van der Waals surface area contributed by atoms with Crippen molar-refractivity contribution >= 4 is 23.5 Å². The molecule has 2 aliphatic rings. The van der Waals surface area contributed by atoms with Gasteiger partial charge < -0.3 is 25.8 Å². The predicted molar refractivity (Wildman–Crippen MR) is 128 cm³/mol. The van der Waals surface area contributed by atoms with Gasteiger partial charge in [0.1, 0.15) is 11.8 Å². The number of carboxylic acids is 1. The van der Waals surface area contributed by atoms with Crippen LogP contribution < -0.4 is 10.6 Å². The molecule has 1 heterocycles. The molecule has 0 aromatic heterocycles. The summed E-state index contributed by atoms with van der Waals surface area (Å²) in [5.41, 5.74) is 1.40. The van der Waals surface area contributed by atoms with E-state index >= 15 is 0 Å². The summed E-state index contributed by atoms with van der Waals surface area (Å²) in [5.74, 6) is -1.09. The fraction of sp³-hybridized carbons (Fsp3) is 0.600. The van der Waals surface area contributed by atoms with Crippen LogP contribution in [0.25, 0.3) is 0 Å². The highest BCUT2D eigenvalue weighted by Crippen LogP contribution is 2.29. The molecule has 1 aliphatic carbocycles. The van der Waals surface area contributed by atoms with Crippen molar-refractivity contribution in [3.05, 3.63) is 29.3 Å². The molecule has 9 heteroatoms. The SMILES string of the molecule is CC(=N)c1ccc(CNC(=O)[C@@H]2CCCN2C(=O)[C@@H](CC2CCCCC2)NCC(=O)O)cc1O. The number of nitrogens with one attached hydrogen (secondary N) is 3. The largest absolute Gasteiger partial charge is 0.507 e. The minimum atomic E-state index is -1.01. The van der Waals surface area contributed by atoms with Gasteiger partial charge in [-0.15, -0.1) is 0 Å². The van der Waals surface area contributed by atoms with Crippen molar-refractivity contribution in [2.75, 3.05) is 13.1 Å². The first kappa shape index (κ1) is 25.7. The number of amides is 2. The zero-order valence-electron chi connectivity index (χ0n) is 19.8. The van der Waals surface area contributed by atoms with Crippen molar-refractivity contribution in [3.63, 3.8) is 0 Å². The van der Waals surface area contributed by atoms with E-state index in [-0.39, 0.29) is 36.4 Å². The van der Waals surface area contributed by atoms with Gasteiger partial charge in [-0.25, -0.2) is 0 Å². The average Bonchev–Trinajstić information content (AvgIpc) is 3.30. The number of likely N-dealkylation sites (tertiary alicyclic amines) is 1. The number of carbonyl (C=O) groups excluding carboxylic acids is 2. The molecule has 1 aliphatic heterocycles. The van der Waals surface area contributed by atoms with Crippen molar-refractivity contribution in [1.82, 2.24) is 15.5 Å². The highest BCUT2D eigenvalue weighted by Gasteiger charge is 2.37. The van der Waals surface area contributed by atoms with E-state index in [4.69, 9.17) is 10.5 Å². The van der Waals surface area contributed by atoms with E-state index in [9.17, 15) is 19.5 Å². The second kappa shape index (κ2) is 12.0. The second-order valence-corrected chi connectivity index (χ2v) is 9.45. The fourth-order valence-electron chi connectivity index (χ4n) is 5.05. The van der Waals surface area contributed by atoms with Crippen LogP contribution in [-0.4, -0.2) is 63.8 Å². The molecule has 1 aromatic carbocycles. The number of carbonyl (C=O) groups is 3. The fourth-order valence-corrected chi connectivity index (χ4v) is 5.05. The van der Waals surface area contributed by atoms with Crippen LogP contribution in [0, 0.1) is 11.3 Å². The summed E-state index contributed by atoms with van der Waals surface area (Å²) >= 11 is 0. The third-order valence-corrected chi connectivity index (χ3v) is 6.86. The van der Waals surface area contributed by atoms with Crippen molar-refractivity contribution in [1.29, 1.82) is 5.41 Å². The van der Waals surface area contributed by atoms with Gasteiger partial charge in [0.25, 0.3) is 0 Å². The lowest BCUT2D eigenvalue weighted by Crippen LogP contribution is -2.53. The molecule has 2 amide bonds. The topological polar surface area (TPSA) is 143 Å². The maximum absolute atomic E-state index is 13.4. The summed E-state index contributed by atoms with van der Waals surface area (Å²) in [4.78, 5) is 39.1. The summed E-state index contributed by atoms with van der Waals surface area (Å²) in [6.07, 6.45) is 7.43. The molecule has 0 radical (unpaired) electrons. The summed E-state index contributed by atoms with van der Waals surface area (Å²) in [5, 5.41) is 32.6. The summed E-state index contributed by atoms with van der Waals surface area (Å²) in [6.45, 7) is 1.98. The molecule has 186 valence electrons. The number of benzene rings is 1. The molecule has 9 nitrogen and oxygen atoms in total. The number of phenols is 1. The van der Waals surface area contributed by atoms with Crippen molar-refractivity contribution in [2.45, 2.75) is 76.9 Å². The Morgan fingerprint density at radius 2 is 1.88 bits per heavy atom. The number of nitrogens with zero attached hydrogens (tertiary/aromatic N) is 1. The quantitative estimate of drug-likeness (QED) is 0.331. The first-order valence-electron chi connectivity index (χ1n) is 12.2. The van der Waals surface area contributed by atoms with Gasteiger partial charge in [0.15, 0.2) is 0 Å². The number of phenolic OH excluding ortho intramolecular Hbond substituents is 1. The Hall–Kier alpha value is -2.94. The van der Waals surface area contributed by atoms with Crippen molar-refractivity contribution in [3.8, 4) is 5.75 Å². The smallest absolute Gasteiger partial charge is 0.317 e. The minimum Gasteiger partial charge on any atom is -0.507 e. The maximum atomic E-state index is 13.4. The molecule has 3 rings (SSSR count). The monoisotopic (exact) mass is 472 g/mol. The third kappa shape index (κ3) is 6.79. The number of hydrogen-bond acceptors (Lipinski definition) is 6. The second-order valence-electron chi connectivity index (χ2n) is 9.45. The summed E-state index contributed by atoms with van der Waals surface area (Å²) < 4.78 is 0. The first-order valence-corrected chi connectivity index (χ1v) is 12.2. The molecular weight excluding hydrogens is 436 g/mol. The predicted octanol–water partition coefficient (Wildman–Crippen LogP) is 2.40. The third-order valence-electron chi connectivity index (χ3n) is 6.86. The summed E-state index contributed by atoms with van der Waals surface area (Å²) in [6, 6.07) is 3.72. The van der Waals surface area contributed by atoms with Gasteiger partial charge in [0.05, 0.1) is 12.6 Å². The van der Waals surface area contributed by atoms with E-state index in [1.165, 1.54) is 12.5 Å². The summed E-state index contributed by atoms with van der Waals surface area (Å²) in [7, 11) is 0. The molecule has 0 spiro atoms. The lowest BCUT2D eigenvalue weighted by molar-refractivity contribution is -0.141. The molecule has 1 saturated heterocycles. The van der Waals surface area contributed by atoms with Crippen LogP contribution in [0.2, 0.25) is 0 Å². The normalized spacial score (nSPS) is 19.6. The Morgan fingerprint density at radius 3 is 2.53 bits per heavy atom. The van der Waals surface area contributed by atoms with E-state index in [0.29, 0.717) is 42.9 Å². The van der Waals surface area contributed by atoms with Gasteiger partial charge in [-0.3, -0.25) is 19.7 Å². The number of carboxylic acid groups (broad SMARTS) is 1. The van der Waals surface area contributed by atoms with Crippen LogP contribution in [0.15, 0.2) is 18.2 Å². The molecule has 1 aromatic rings. The molecule has 2 fully saturated rings. The van der Waals surface area contributed by atoms with Crippen LogP contribution >= 0.6 is 0 Å². The molecule has 2 atom stereocenters. The minimum absolute atomic E-state index is 0.00743. The van der Waals surface area contributed by atoms with Crippen LogP contribution in [0.4, 0.5) is 0 Å². The molecule has 34 heavy (non-hydrogen) atoms. The lowest BCUT2D eigenvalue weighted by Gasteiger charge is -2.31. The zero-order valence-corrected chi connectivity index (χ0v) is 19.8. The van der Waals surface area contributed by atoms with E-state index in [1.807, 2.05) is 0 Å². The average molecular weight is 473 g/mol. The Kier molecular flexibility index (Phi) is 9.04. The number of aliphatic carboxylic acids is 1. The molecule has 0 bridgehead atoms. The molecule has 0 unspecified atom stereocenters. The van der Waals surface area contributed by atoms with Gasteiger partial charge in [-0.2, -0.15) is 0 Å². The Labute approximate surface area is 200 Å². The molecular formula is C25H36N4O5. The van der Waals surface area contributed by atoms with E-state index in [0.717, 1.165) is 25.7 Å². The van der Waals surface area contributed by atoms with E-state index < -0.39 is 18.1 Å². The lowest BCUT2D eigenvalue weighted by atomic mass is 9.84. The Bertz CT molecular complexity index is 913. The molecule has 5 N–H and O–H groups in total. The van der Waals surface area contributed by atoms with Crippen LogP contribution in [0.5, 0.6) is 5.75 Å². The van der Waals surface area contributed by atoms with Crippen LogP contribution in [0.1, 0.15) is 69.4 Å². The highest BCUT2D eigenvalue weighted by atomic mass is 16.4. The first-order chi connectivity index (χ1) is 16.3. The van der Waals surface area contributed by atoms with E-state index in [2.05, 4.69) is 10.6 Å². The number of rotatable bonds is 10. The maximum Gasteiger partial charge on any atom is 0.317 e. The number of hydrogen-bond donors (Lipinski definition) is 5. The van der Waals surface area contributed by atoms with E-state index in [1.54, 1.807) is 24.0 Å². The van der Waals surface area contributed by atoms with Gasteiger partial charge in [-0.1, -0.05) is 38.2 Å². The van der Waals surface area contributed by atoms with Crippen molar-refractivity contribution in [2.24, 2.45) is 5.92 Å².